The average Bonchev–Trinajstić information content (AvgIpc) is 3.20. The van der Waals surface area contributed by atoms with Crippen LogP contribution in [0.25, 0.3) is 0 Å². The van der Waals surface area contributed by atoms with Gasteiger partial charge in [-0.25, -0.2) is 8.42 Å². The van der Waals surface area contributed by atoms with Crippen LogP contribution in [0.3, 0.4) is 0 Å². The summed E-state index contributed by atoms with van der Waals surface area (Å²) in [6, 6.07) is 4.23. The maximum Gasteiger partial charge on any atom is 0.245 e. The number of carbonyl (C=O) groups excluding carboxylic acids is 1. The molecule has 1 aliphatic heterocycles. The first-order chi connectivity index (χ1) is 9.89. The molecular formula is C13H16N2O5S. The summed E-state index contributed by atoms with van der Waals surface area (Å²) in [5.41, 5.74) is 0.665. The Balaban J connectivity index is 2.07. The molecule has 21 heavy (non-hydrogen) atoms. The second-order valence-corrected chi connectivity index (χ2v) is 7.63. The molecule has 1 saturated carbocycles. The summed E-state index contributed by atoms with van der Waals surface area (Å²) in [5.74, 6) is -0.452. The highest BCUT2D eigenvalue weighted by molar-refractivity contribution is 7.94. The SMILES string of the molecule is COCC1(S(=O)(=O)N2CC(=O)Nc3ccc(O)cc32)CC1. The van der Waals surface area contributed by atoms with Crippen molar-refractivity contribution in [2.24, 2.45) is 0 Å². The average molecular weight is 312 g/mol. The Labute approximate surface area is 122 Å². The molecule has 1 aromatic carbocycles. The zero-order valence-electron chi connectivity index (χ0n) is 11.5. The van der Waals surface area contributed by atoms with Crippen LogP contribution < -0.4 is 9.62 Å². The van der Waals surface area contributed by atoms with Gasteiger partial charge in [-0.2, -0.15) is 0 Å². The van der Waals surface area contributed by atoms with Gasteiger partial charge in [-0.15, -0.1) is 0 Å². The van der Waals surface area contributed by atoms with Crippen molar-refractivity contribution in [2.45, 2.75) is 17.6 Å². The number of nitrogens with zero attached hydrogens (tertiary/aromatic N) is 1. The minimum Gasteiger partial charge on any atom is -0.508 e. The van der Waals surface area contributed by atoms with E-state index < -0.39 is 20.7 Å². The molecule has 2 N–H and O–H groups in total. The smallest absolute Gasteiger partial charge is 0.245 e. The van der Waals surface area contributed by atoms with Crippen LogP contribution >= 0.6 is 0 Å². The number of carbonyl (C=O) groups is 1. The highest BCUT2D eigenvalue weighted by Gasteiger charge is 2.58. The van der Waals surface area contributed by atoms with Crippen molar-refractivity contribution >= 4 is 27.3 Å². The van der Waals surface area contributed by atoms with Gasteiger partial charge in [0.05, 0.1) is 18.0 Å². The van der Waals surface area contributed by atoms with Gasteiger partial charge >= 0.3 is 0 Å². The molecule has 0 atom stereocenters. The number of benzene rings is 1. The van der Waals surface area contributed by atoms with Gasteiger partial charge in [-0.1, -0.05) is 0 Å². The maximum atomic E-state index is 12.9. The lowest BCUT2D eigenvalue weighted by Gasteiger charge is -2.33. The van der Waals surface area contributed by atoms with Gasteiger partial charge in [0.25, 0.3) is 0 Å². The van der Waals surface area contributed by atoms with Gasteiger partial charge in [-0.05, 0) is 25.0 Å². The van der Waals surface area contributed by atoms with Gasteiger partial charge in [-0.3, -0.25) is 9.10 Å². The monoisotopic (exact) mass is 312 g/mol. The Hall–Kier alpha value is -1.80. The lowest BCUT2D eigenvalue weighted by molar-refractivity contribution is -0.115. The first kappa shape index (κ1) is 14.2. The summed E-state index contributed by atoms with van der Waals surface area (Å²) in [6.07, 6.45) is 1.02. The number of anilines is 2. The molecule has 114 valence electrons. The predicted molar refractivity (Wildman–Crippen MR) is 76.8 cm³/mol. The molecule has 1 heterocycles. The van der Waals surface area contributed by atoms with Crippen LogP contribution in [0.4, 0.5) is 11.4 Å². The van der Waals surface area contributed by atoms with Crippen LogP contribution in [0.2, 0.25) is 0 Å². The van der Waals surface area contributed by atoms with Gasteiger partial charge in [0.2, 0.25) is 15.9 Å². The van der Waals surface area contributed by atoms with E-state index in [1.54, 1.807) is 0 Å². The van der Waals surface area contributed by atoms with Gasteiger partial charge < -0.3 is 15.2 Å². The predicted octanol–water partition coefficient (Wildman–Crippen LogP) is 0.660. The summed E-state index contributed by atoms with van der Waals surface area (Å²) >= 11 is 0. The Bertz CT molecular complexity index is 697. The van der Waals surface area contributed by atoms with E-state index in [-0.39, 0.29) is 24.6 Å². The van der Waals surface area contributed by atoms with E-state index in [2.05, 4.69) is 5.32 Å². The molecule has 1 amide bonds. The second kappa shape index (κ2) is 4.60. The number of rotatable bonds is 4. The zero-order valence-corrected chi connectivity index (χ0v) is 12.3. The van der Waals surface area contributed by atoms with Crippen molar-refractivity contribution in [3.05, 3.63) is 18.2 Å². The molecule has 2 aliphatic rings. The van der Waals surface area contributed by atoms with E-state index in [0.717, 1.165) is 4.31 Å². The number of phenols is 1. The van der Waals surface area contributed by atoms with Crippen LogP contribution in [0.15, 0.2) is 18.2 Å². The summed E-state index contributed by atoms with van der Waals surface area (Å²) in [5, 5.41) is 12.2. The molecule has 7 nitrogen and oxygen atoms in total. The maximum absolute atomic E-state index is 12.9. The molecule has 0 aromatic heterocycles. The van der Waals surface area contributed by atoms with E-state index in [9.17, 15) is 18.3 Å². The van der Waals surface area contributed by atoms with Crippen molar-refractivity contribution in [3.63, 3.8) is 0 Å². The third-order valence-electron chi connectivity index (χ3n) is 3.86. The Morgan fingerprint density at radius 1 is 1.43 bits per heavy atom. The number of sulfonamides is 1. The lowest BCUT2D eigenvalue weighted by atomic mass is 10.2. The fourth-order valence-corrected chi connectivity index (χ4v) is 4.61. The number of hydrogen-bond acceptors (Lipinski definition) is 5. The molecule has 0 bridgehead atoms. The number of aromatic hydroxyl groups is 1. The molecule has 0 saturated heterocycles. The van der Waals surface area contributed by atoms with Crippen molar-refractivity contribution in [1.82, 2.24) is 0 Å². The lowest BCUT2D eigenvalue weighted by Crippen LogP contribution is -2.48. The number of hydrogen-bond donors (Lipinski definition) is 2. The number of ether oxygens (including phenoxy) is 1. The highest BCUT2D eigenvalue weighted by Crippen LogP contribution is 2.48. The molecule has 0 unspecified atom stereocenters. The van der Waals surface area contributed by atoms with Gasteiger partial charge in [0.15, 0.2) is 0 Å². The van der Waals surface area contributed by atoms with E-state index in [1.807, 2.05) is 0 Å². The summed E-state index contributed by atoms with van der Waals surface area (Å²) < 4.78 is 30.9. The van der Waals surface area contributed by atoms with Crippen molar-refractivity contribution in [3.8, 4) is 5.75 Å². The third kappa shape index (κ3) is 2.14. The Morgan fingerprint density at radius 3 is 2.76 bits per heavy atom. The third-order valence-corrected chi connectivity index (χ3v) is 6.39. The zero-order chi connectivity index (χ0) is 15.3. The number of fused-ring (bicyclic) bond motifs is 1. The molecule has 8 heteroatoms. The van der Waals surface area contributed by atoms with E-state index >= 15 is 0 Å². The molecular weight excluding hydrogens is 296 g/mol. The molecule has 1 fully saturated rings. The first-order valence-corrected chi connectivity index (χ1v) is 7.98. The molecule has 1 aliphatic carbocycles. The minimum absolute atomic E-state index is 0.0540. The van der Waals surface area contributed by atoms with Crippen LogP contribution in [-0.4, -0.2) is 44.4 Å². The normalized spacial score (nSPS) is 19.9. The Kier molecular flexibility index (Phi) is 3.10. The van der Waals surface area contributed by atoms with Crippen LogP contribution in [0, 0.1) is 0 Å². The van der Waals surface area contributed by atoms with Crippen LogP contribution in [0.5, 0.6) is 5.75 Å². The first-order valence-electron chi connectivity index (χ1n) is 6.54. The largest absolute Gasteiger partial charge is 0.508 e. The molecule has 0 radical (unpaired) electrons. The standard InChI is InChI=1S/C13H16N2O5S/c1-20-8-13(4-5-13)21(18,19)15-7-12(17)14-10-3-2-9(16)6-11(10)15/h2-3,6,16H,4-5,7-8H2,1H3,(H,14,17). The van der Waals surface area contributed by atoms with Gasteiger partial charge in [0.1, 0.15) is 17.0 Å². The quantitative estimate of drug-likeness (QED) is 0.796. The fraction of sp³-hybridized carbons (Fsp3) is 0.462. The number of methoxy groups -OCH3 is 1. The summed E-state index contributed by atoms with van der Waals surface area (Å²) in [4.78, 5) is 11.8. The van der Waals surface area contributed by atoms with E-state index in [4.69, 9.17) is 4.74 Å². The van der Waals surface area contributed by atoms with Crippen LogP contribution in [0.1, 0.15) is 12.8 Å². The fourth-order valence-electron chi connectivity index (χ4n) is 2.56. The number of phenolic OH excluding ortho intramolecular Hbond substituents is 1. The summed E-state index contributed by atoms with van der Waals surface area (Å²) in [6.45, 7) is -0.189. The van der Waals surface area contributed by atoms with Crippen molar-refractivity contribution in [1.29, 1.82) is 0 Å². The highest BCUT2D eigenvalue weighted by atomic mass is 32.2. The topological polar surface area (TPSA) is 95.9 Å². The number of nitrogens with one attached hydrogen (secondary N) is 1. The minimum atomic E-state index is -3.74. The van der Waals surface area contributed by atoms with Crippen LogP contribution in [-0.2, 0) is 19.6 Å². The molecule has 3 rings (SSSR count). The van der Waals surface area contributed by atoms with Crippen molar-refractivity contribution in [2.75, 3.05) is 29.9 Å². The van der Waals surface area contributed by atoms with Crippen molar-refractivity contribution < 1.29 is 23.1 Å². The molecule has 0 spiro atoms. The van der Waals surface area contributed by atoms with E-state index in [1.165, 1.54) is 25.3 Å². The second-order valence-electron chi connectivity index (χ2n) is 5.38. The number of amides is 1. The van der Waals surface area contributed by atoms with E-state index in [0.29, 0.717) is 18.5 Å². The van der Waals surface area contributed by atoms with Gasteiger partial charge in [0, 0.05) is 13.2 Å². The molecule has 1 aromatic rings. The Morgan fingerprint density at radius 2 is 2.14 bits per heavy atom. The summed E-state index contributed by atoms with van der Waals surface area (Å²) in [7, 11) is -2.28.